The largest absolute Gasteiger partial charge is 0.383 e. The number of halogens is 1. The average molecular weight is 459 g/mol. The Morgan fingerprint density at radius 3 is 2.79 bits per heavy atom. The van der Waals surface area contributed by atoms with Crippen LogP contribution in [0.1, 0.15) is 31.7 Å². The van der Waals surface area contributed by atoms with E-state index in [1.165, 1.54) is 0 Å². The first-order valence-electron chi connectivity index (χ1n) is 9.69. The molecular weight excluding hydrogens is 436 g/mol. The fraction of sp³-hybridized carbons (Fsp3) is 0.400. The normalized spacial score (nSPS) is 14.4. The van der Waals surface area contributed by atoms with Crippen LogP contribution < -0.4 is 16.2 Å². The molecule has 0 spiro atoms. The van der Waals surface area contributed by atoms with E-state index in [0.29, 0.717) is 35.0 Å². The molecule has 3 aromatic rings. The summed E-state index contributed by atoms with van der Waals surface area (Å²) in [5.74, 6) is 1.05. The molecule has 0 saturated heterocycles. The van der Waals surface area contributed by atoms with Gasteiger partial charge in [-0.25, -0.2) is 9.97 Å². The Labute approximate surface area is 176 Å². The standard InChI is InChI=1S/C20H23BrN6O2/c1-29-9-8-22-14-6-7-17(23-12-14)25-20-24-11-13-10-16(21)19(28)27(18(13)26-20)15-4-2-3-5-15/h6-7,10-12,15,22H,2-5,8-9H2,1H3,(H,23,24,25,26). The van der Waals surface area contributed by atoms with Gasteiger partial charge in [-0.15, -0.1) is 0 Å². The van der Waals surface area contributed by atoms with Gasteiger partial charge in [0.05, 0.1) is 23.0 Å². The van der Waals surface area contributed by atoms with Crippen LogP contribution in [0.3, 0.4) is 0 Å². The van der Waals surface area contributed by atoms with Gasteiger partial charge in [-0.1, -0.05) is 12.8 Å². The third kappa shape index (κ3) is 4.40. The number of hydrogen-bond donors (Lipinski definition) is 2. The molecule has 8 nitrogen and oxygen atoms in total. The maximum absolute atomic E-state index is 12.8. The van der Waals surface area contributed by atoms with Crippen LogP contribution in [-0.4, -0.2) is 39.8 Å². The zero-order chi connectivity index (χ0) is 20.2. The Bertz CT molecular complexity index is 1050. The first kappa shape index (κ1) is 19.8. The minimum absolute atomic E-state index is 0.0429. The van der Waals surface area contributed by atoms with E-state index < -0.39 is 0 Å². The summed E-state index contributed by atoms with van der Waals surface area (Å²) in [7, 11) is 1.67. The number of methoxy groups -OCH3 is 1. The van der Waals surface area contributed by atoms with Gasteiger partial charge in [0, 0.05) is 31.3 Å². The molecule has 1 aliphatic rings. The summed E-state index contributed by atoms with van der Waals surface area (Å²) >= 11 is 3.39. The van der Waals surface area contributed by atoms with E-state index in [9.17, 15) is 4.79 Å². The van der Waals surface area contributed by atoms with E-state index in [1.807, 2.05) is 16.7 Å². The first-order valence-corrected chi connectivity index (χ1v) is 10.5. The Morgan fingerprint density at radius 2 is 2.07 bits per heavy atom. The zero-order valence-corrected chi connectivity index (χ0v) is 17.8. The maximum atomic E-state index is 12.8. The van der Waals surface area contributed by atoms with Gasteiger partial charge in [0.15, 0.2) is 0 Å². The maximum Gasteiger partial charge on any atom is 0.266 e. The molecule has 152 valence electrons. The number of ether oxygens (including phenoxy) is 1. The van der Waals surface area contributed by atoms with Crippen LogP contribution in [0.4, 0.5) is 17.5 Å². The summed E-state index contributed by atoms with van der Waals surface area (Å²) < 4.78 is 7.38. The Balaban J connectivity index is 1.61. The van der Waals surface area contributed by atoms with E-state index in [2.05, 4.69) is 41.5 Å². The van der Waals surface area contributed by atoms with Gasteiger partial charge in [0.1, 0.15) is 11.5 Å². The molecule has 9 heteroatoms. The van der Waals surface area contributed by atoms with Crippen LogP contribution in [0, 0.1) is 0 Å². The predicted molar refractivity (Wildman–Crippen MR) is 117 cm³/mol. The van der Waals surface area contributed by atoms with Crippen LogP contribution in [0.25, 0.3) is 11.0 Å². The first-order chi connectivity index (χ1) is 14.2. The number of aromatic nitrogens is 4. The molecule has 0 atom stereocenters. The molecule has 1 saturated carbocycles. The molecule has 2 N–H and O–H groups in total. The average Bonchev–Trinajstić information content (AvgIpc) is 3.25. The summed E-state index contributed by atoms with van der Waals surface area (Å²) in [5, 5.41) is 7.18. The molecule has 0 radical (unpaired) electrons. The Kier molecular flexibility index (Phi) is 6.05. The predicted octanol–water partition coefficient (Wildman–Crippen LogP) is 3.87. The van der Waals surface area contributed by atoms with Gasteiger partial charge in [0.2, 0.25) is 5.95 Å². The van der Waals surface area contributed by atoms with Crippen LogP contribution in [0.5, 0.6) is 0 Å². The number of nitrogens with one attached hydrogen (secondary N) is 2. The second kappa shape index (κ2) is 8.87. The molecule has 1 fully saturated rings. The molecule has 0 amide bonds. The highest BCUT2D eigenvalue weighted by Crippen LogP contribution is 2.31. The SMILES string of the molecule is COCCNc1ccc(Nc2ncc3cc(Br)c(=O)n(C4CCCC4)c3n2)nc1. The van der Waals surface area contributed by atoms with Crippen LogP contribution in [0.2, 0.25) is 0 Å². The quantitative estimate of drug-likeness (QED) is 0.518. The van der Waals surface area contributed by atoms with Crippen molar-refractivity contribution < 1.29 is 4.74 Å². The van der Waals surface area contributed by atoms with Crippen LogP contribution >= 0.6 is 15.9 Å². The summed E-state index contributed by atoms with van der Waals surface area (Å²) in [5.41, 5.74) is 1.52. The minimum atomic E-state index is -0.0429. The summed E-state index contributed by atoms with van der Waals surface area (Å²) in [6.45, 7) is 1.34. The number of fused-ring (bicyclic) bond motifs is 1. The van der Waals surface area contributed by atoms with E-state index >= 15 is 0 Å². The number of pyridine rings is 2. The van der Waals surface area contributed by atoms with Crippen molar-refractivity contribution in [3.8, 4) is 0 Å². The second-order valence-corrected chi connectivity index (χ2v) is 7.91. The van der Waals surface area contributed by atoms with Crippen molar-refractivity contribution in [3.05, 3.63) is 45.4 Å². The third-order valence-corrected chi connectivity index (χ3v) is 5.63. The molecule has 0 aromatic carbocycles. The lowest BCUT2D eigenvalue weighted by molar-refractivity contribution is 0.211. The third-order valence-electron chi connectivity index (χ3n) is 5.06. The van der Waals surface area contributed by atoms with Crippen molar-refractivity contribution >= 4 is 44.4 Å². The van der Waals surface area contributed by atoms with E-state index in [4.69, 9.17) is 4.74 Å². The van der Waals surface area contributed by atoms with Gasteiger partial charge in [-0.2, -0.15) is 4.98 Å². The number of hydrogen-bond acceptors (Lipinski definition) is 7. The summed E-state index contributed by atoms with van der Waals surface area (Å²) in [6.07, 6.45) is 7.74. The topological polar surface area (TPSA) is 94.0 Å². The van der Waals surface area contributed by atoms with E-state index in [-0.39, 0.29) is 11.6 Å². The molecule has 0 bridgehead atoms. The highest BCUT2D eigenvalue weighted by atomic mass is 79.9. The number of anilines is 3. The molecule has 1 aliphatic carbocycles. The lowest BCUT2D eigenvalue weighted by Crippen LogP contribution is -2.25. The van der Waals surface area contributed by atoms with Gasteiger partial charge in [0.25, 0.3) is 5.56 Å². The second-order valence-electron chi connectivity index (χ2n) is 7.05. The van der Waals surface area contributed by atoms with E-state index in [0.717, 1.165) is 36.8 Å². The summed E-state index contributed by atoms with van der Waals surface area (Å²) in [4.78, 5) is 26.2. The highest BCUT2D eigenvalue weighted by Gasteiger charge is 2.22. The molecule has 3 heterocycles. The van der Waals surface area contributed by atoms with Gasteiger partial charge in [-0.05, 0) is 47.0 Å². The Hall–Kier alpha value is -2.52. The lowest BCUT2D eigenvalue weighted by Gasteiger charge is -2.17. The smallest absolute Gasteiger partial charge is 0.266 e. The lowest BCUT2D eigenvalue weighted by atomic mass is 10.2. The fourth-order valence-corrected chi connectivity index (χ4v) is 4.07. The fourth-order valence-electron chi connectivity index (χ4n) is 3.63. The minimum Gasteiger partial charge on any atom is -0.383 e. The Morgan fingerprint density at radius 1 is 1.24 bits per heavy atom. The van der Waals surface area contributed by atoms with Crippen molar-refractivity contribution in [2.24, 2.45) is 0 Å². The number of nitrogens with zero attached hydrogens (tertiary/aromatic N) is 4. The van der Waals surface area contributed by atoms with Gasteiger partial charge < -0.3 is 15.4 Å². The van der Waals surface area contributed by atoms with Crippen molar-refractivity contribution in [2.45, 2.75) is 31.7 Å². The number of rotatable bonds is 7. The molecule has 0 unspecified atom stereocenters. The van der Waals surface area contributed by atoms with Gasteiger partial charge in [-0.3, -0.25) is 9.36 Å². The molecule has 29 heavy (non-hydrogen) atoms. The monoisotopic (exact) mass is 458 g/mol. The zero-order valence-electron chi connectivity index (χ0n) is 16.2. The van der Waals surface area contributed by atoms with Crippen molar-refractivity contribution in [3.63, 3.8) is 0 Å². The molecule has 3 aromatic heterocycles. The highest BCUT2D eigenvalue weighted by molar-refractivity contribution is 9.10. The molecule has 0 aliphatic heterocycles. The van der Waals surface area contributed by atoms with Crippen molar-refractivity contribution in [2.75, 3.05) is 30.9 Å². The van der Waals surface area contributed by atoms with Crippen molar-refractivity contribution in [1.82, 2.24) is 19.5 Å². The van der Waals surface area contributed by atoms with Crippen LogP contribution in [-0.2, 0) is 4.74 Å². The van der Waals surface area contributed by atoms with E-state index in [1.54, 1.807) is 25.6 Å². The van der Waals surface area contributed by atoms with Gasteiger partial charge >= 0.3 is 0 Å². The summed E-state index contributed by atoms with van der Waals surface area (Å²) in [6, 6.07) is 5.75. The molecule has 4 rings (SSSR count). The van der Waals surface area contributed by atoms with Crippen molar-refractivity contribution in [1.29, 1.82) is 0 Å². The molecular formula is C20H23BrN6O2. The van der Waals surface area contributed by atoms with Crippen LogP contribution in [0.15, 0.2) is 39.9 Å².